The fraction of sp³-hybridized carbons (Fsp3) is 0.194. The van der Waals surface area contributed by atoms with Crippen LogP contribution in [0.2, 0.25) is 5.02 Å². The van der Waals surface area contributed by atoms with Crippen molar-refractivity contribution >= 4 is 40.7 Å². The Hall–Kier alpha value is -4.54. The molecule has 1 aromatic heterocycles. The van der Waals surface area contributed by atoms with Crippen LogP contribution in [-0.4, -0.2) is 21.6 Å². The molecule has 1 aliphatic heterocycles. The van der Waals surface area contributed by atoms with Gasteiger partial charge in [0.25, 0.3) is 5.56 Å². The summed E-state index contributed by atoms with van der Waals surface area (Å²) < 4.78 is 12.9. The molecule has 1 atom stereocenters. The lowest BCUT2D eigenvalue weighted by molar-refractivity contribution is -0.386. The number of fused-ring (bicyclic) bond motifs is 1. The molecule has 0 aliphatic carbocycles. The normalized spacial score (nSPS) is 14.9. The summed E-state index contributed by atoms with van der Waals surface area (Å²) in [5.74, 6) is -0.475. The lowest BCUT2D eigenvalue weighted by Gasteiger charge is -2.26. The van der Waals surface area contributed by atoms with Crippen LogP contribution in [0.3, 0.4) is 0 Å². The number of halogens is 1. The van der Waals surface area contributed by atoms with Crippen LogP contribution in [-0.2, 0) is 16.1 Å². The predicted octanol–water partition coefficient (Wildman–Crippen LogP) is 5.33. The molecule has 0 fully saturated rings. The number of hydrogen-bond acceptors (Lipinski definition) is 8. The van der Waals surface area contributed by atoms with Gasteiger partial charge in [0.05, 0.1) is 26.8 Å². The SMILES string of the molecule is CC1=C(C(=O)OC(C)C)C(c2ccccc2Cl)n2c(sc(=Cc3ccc(OCc4ccccc4)c([N+](=O)[O-])c3)c2=O)=N1. The molecule has 1 unspecified atom stereocenters. The van der Waals surface area contributed by atoms with Gasteiger partial charge in [-0.15, -0.1) is 0 Å². The van der Waals surface area contributed by atoms with E-state index >= 15 is 0 Å². The Morgan fingerprint density at radius 2 is 1.86 bits per heavy atom. The van der Waals surface area contributed by atoms with Gasteiger partial charge in [0.15, 0.2) is 10.6 Å². The number of carbonyl (C=O) groups excluding carboxylic acids is 1. The zero-order chi connectivity index (χ0) is 30.0. The zero-order valence-electron chi connectivity index (χ0n) is 22.9. The van der Waals surface area contributed by atoms with E-state index in [1.54, 1.807) is 57.2 Å². The van der Waals surface area contributed by atoms with E-state index in [4.69, 9.17) is 21.1 Å². The first-order valence-electron chi connectivity index (χ1n) is 13.1. The van der Waals surface area contributed by atoms with Gasteiger partial charge in [-0.25, -0.2) is 9.79 Å². The van der Waals surface area contributed by atoms with E-state index in [1.807, 2.05) is 30.3 Å². The molecular weight excluding hydrogens is 578 g/mol. The molecule has 9 nitrogen and oxygen atoms in total. The molecule has 0 bridgehead atoms. The van der Waals surface area contributed by atoms with Crippen LogP contribution in [0.15, 0.2) is 93.9 Å². The Morgan fingerprint density at radius 1 is 1.14 bits per heavy atom. The summed E-state index contributed by atoms with van der Waals surface area (Å²) in [6.45, 7) is 5.34. The van der Waals surface area contributed by atoms with Crippen molar-refractivity contribution in [2.75, 3.05) is 0 Å². The summed E-state index contributed by atoms with van der Waals surface area (Å²) in [5, 5.41) is 12.3. The number of carbonyl (C=O) groups is 1. The number of rotatable bonds is 8. The molecular formula is C31H26ClN3O6S. The number of esters is 1. The second kappa shape index (κ2) is 12.1. The van der Waals surface area contributed by atoms with Crippen LogP contribution < -0.4 is 19.6 Å². The van der Waals surface area contributed by atoms with Crippen molar-refractivity contribution in [1.29, 1.82) is 0 Å². The van der Waals surface area contributed by atoms with Gasteiger partial charge in [-0.2, -0.15) is 0 Å². The summed E-state index contributed by atoms with van der Waals surface area (Å²) in [6, 6.07) is 20.0. The summed E-state index contributed by atoms with van der Waals surface area (Å²) in [6.07, 6.45) is 1.18. The number of thiazole rings is 1. The van der Waals surface area contributed by atoms with Crippen LogP contribution in [0, 0.1) is 10.1 Å². The smallest absolute Gasteiger partial charge is 0.338 e. The lowest BCUT2D eigenvalue weighted by atomic mass is 9.96. The Morgan fingerprint density at radius 3 is 2.55 bits per heavy atom. The third-order valence-electron chi connectivity index (χ3n) is 6.50. The van der Waals surface area contributed by atoms with Gasteiger partial charge < -0.3 is 9.47 Å². The molecule has 2 heterocycles. The van der Waals surface area contributed by atoms with Crippen molar-refractivity contribution in [2.45, 2.75) is 39.5 Å². The average molecular weight is 604 g/mol. The van der Waals surface area contributed by atoms with E-state index in [2.05, 4.69) is 4.99 Å². The Bertz CT molecular complexity index is 1900. The Labute approximate surface area is 249 Å². The van der Waals surface area contributed by atoms with Crippen molar-refractivity contribution in [1.82, 2.24) is 4.57 Å². The highest BCUT2D eigenvalue weighted by Crippen LogP contribution is 2.35. The highest BCUT2D eigenvalue weighted by atomic mass is 35.5. The topological polar surface area (TPSA) is 113 Å². The maximum atomic E-state index is 13.9. The molecule has 0 radical (unpaired) electrons. The summed E-state index contributed by atoms with van der Waals surface area (Å²) in [5.41, 5.74) is 1.84. The highest BCUT2D eigenvalue weighted by Gasteiger charge is 2.34. The van der Waals surface area contributed by atoms with Crippen molar-refractivity contribution in [2.24, 2.45) is 4.99 Å². The van der Waals surface area contributed by atoms with Crippen LogP contribution in [0.5, 0.6) is 5.75 Å². The molecule has 5 rings (SSSR count). The molecule has 11 heteroatoms. The first kappa shape index (κ1) is 29.0. The van der Waals surface area contributed by atoms with Crippen LogP contribution in [0.25, 0.3) is 6.08 Å². The van der Waals surface area contributed by atoms with E-state index in [0.29, 0.717) is 26.6 Å². The second-order valence-corrected chi connectivity index (χ2v) is 11.2. The first-order chi connectivity index (χ1) is 20.1. The first-order valence-corrected chi connectivity index (χ1v) is 14.3. The van der Waals surface area contributed by atoms with E-state index in [1.165, 1.54) is 16.7 Å². The largest absolute Gasteiger partial charge is 0.482 e. The fourth-order valence-electron chi connectivity index (χ4n) is 4.63. The third-order valence-corrected chi connectivity index (χ3v) is 7.83. The zero-order valence-corrected chi connectivity index (χ0v) is 24.5. The van der Waals surface area contributed by atoms with Gasteiger partial charge >= 0.3 is 11.7 Å². The number of allylic oxidation sites excluding steroid dienone is 1. The quantitative estimate of drug-likeness (QED) is 0.153. The Balaban J connectivity index is 1.59. The summed E-state index contributed by atoms with van der Waals surface area (Å²) in [4.78, 5) is 43.4. The lowest BCUT2D eigenvalue weighted by Crippen LogP contribution is -2.40. The minimum atomic E-state index is -0.869. The van der Waals surface area contributed by atoms with E-state index in [9.17, 15) is 19.7 Å². The number of benzene rings is 3. The van der Waals surface area contributed by atoms with Crippen molar-refractivity contribution in [3.05, 3.63) is 136 Å². The number of ether oxygens (including phenoxy) is 2. The summed E-state index contributed by atoms with van der Waals surface area (Å²) in [7, 11) is 0. The van der Waals surface area contributed by atoms with E-state index < -0.39 is 22.5 Å². The van der Waals surface area contributed by atoms with Gasteiger partial charge in [-0.3, -0.25) is 19.5 Å². The molecule has 0 spiro atoms. The number of aromatic nitrogens is 1. The van der Waals surface area contributed by atoms with Gasteiger partial charge in [-0.05, 0) is 55.7 Å². The molecule has 0 N–H and O–H groups in total. The van der Waals surface area contributed by atoms with Crippen molar-refractivity contribution < 1.29 is 19.2 Å². The van der Waals surface area contributed by atoms with Gasteiger partial charge in [-0.1, -0.05) is 77.5 Å². The molecule has 3 aromatic carbocycles. The molecule has 42 heavy (non-hydrogen) atoms. The number of hydrogen-bond donors (Lipinski definition) is 0. The van der Waals surface area contributed by atoms with E-state index in [-0.39, 0.29) is 34.3 Å². The second-order valence-electron chi connectivity index (χ2n) is 9.82. The van der Waals surface area contributed by atoms with Crippen LogP contribution >= 0.6 is 22.9 Å². The van der Waals surface area contributed by atoms with Crippen molar-refractivity contribution in [3.8, 4) is 5.75 Å². The molecule has 0 saturated carbocycles. The maximum absolute atomic E-state index is 13.9. The number of nitrogens with zero attached hydrogens (tertiary/aromatic N) is 3. The fourth-order valence-corrected chi connectivity index (χ4v) is 5.91. The van der Waals surface area contributed by atoms with Crippen LogP contribution in [0.1, 0.15) is 43.5 Å². The monoisotopic (exact) mass is 603 g/mol. The molecule has 0 saturated heterocycles. The van der Waals surface area contributed by atoms with Crippen molar-refractivity contribution in [3.63, 3.8) is 0 Å². The highest BCUT2D eigenvalue weighted by molar-refractivity contribution is 7.07. The molecule has 0 amide bonds. The molecule has 4 aromatic rings. The van der Waals surface area contributed by atoms with Crippen LogP contribution in [0.4, 0.5) is 5.69 Å². The number of nitro benzene ring substituents is 1. The standard InChI is InChI=1S/C31H26ClN3O6S/c1-18(2)41-30(37)27-19(3)33-31-34(28(27)22-11-7-8-12-23(22)32)29(36)26(42-31)16-21-13-14-25(24(15-21)35(38)39)40-17-20-9-5-4-6-10-20/h4-16,18,28H,17H2,1-3H3. The van der Waals surface area contributed by atoms with Gasteiger partial charge in [0.2, 0.25) is 0 Å². The minimum Gasteiger partial charge on any atom is -0.482 e. The van der Waals surface area contributed by atoms with Gasteiger partial charge in [0.1, 0.15) is 12.6 Å². The summed E-state index contributed by atoms with van der Waals surface area (Å²) >= 11 is 7.68. The molecule has 1 aliphatic rings. The maximum Gasteiger partial charge on any atom is 0.338 e. The third kappa shape index (κ3) is 5.90. The van der Waals surface area contributed by atoms with E-state index in [0.717, 1.165) is 16.9 Å². The number of nitro groups is 1. The predicted molar refractivity (Wildman–Crippen MR) is 160 cm³/mol. The average Bonchev–Trinajstić information content (AvgIpc) is 3.25. The minimum absolute atomic E-state index is 0.116. The van der Waals surface area contributed by atoms with Gasteiger partial charge in [0, 0.05) is 11.1 Å². The molecule has 214 valence electrons. The Kier molecular flexibility index (Phi) is 8.37.